The van der Waals surface area contributed by atoms with Crippen LogP contribution in [0.15, 0.2) is 14.7 Å². The maximum absolute atomic E-state index is 13.1. The average Bonchev–Trinajstić information content (AvgIpc) is 3.33. The molecule has 8 nitrogen and oxygen atoms in total. The molecule has 3 aromatic rings. The number of aryl methyl sites for hydroxylation is 1. The van der Waals surface area contributed by atoms with E-state index in [4.69, 9.17) is 4.42 Å². The standard InChI is InChI=1S/C15H16F3N7OS/c1-8-9(2)12(23-25-11(8)20-21-13(25)15(16,17)18)27-14-22-19-10(26-14)7-24-5-3-4-6-24/h3-7H2,1-2H3. The molecule has 27 heavy (non-hydrogen) atoms. The highest BCUT2D eigenvalue weighted by Crippen LogP contribution is 2.33. The number of aromatic nitrogens is 6. The van der Waals surface area contributed by atoms with E-state index in [9.17, 15) is 13.2 Å². The fraction of sp³-hybridized carbons (Fsp3) is 0.533. The van der Waals surface area contributed by atoms with Gasteiger partial charge < -0.3 is 4.42 Å². The molecule has 3 aromatic heterocycles. The van der Waals surface area contributed by atoms with Gasteiger partial charge >= 0.3 is 6.18 Å². The molecule has 1 saturated heterocycles. The summed E-state index contributed by atoms with van der Waals surface area (Å²) in [5, 5.41) is 19.5. The van der Waals surface area contributed by atoms with Crippen molar-refractivity contribution in [3.8, 4) is 0 Å². The van der Waals surface area contributed by atoms with Gasteiger partial charge in [-0.3, -0.25) is 4.90 Å². The van der Waals surface area contributed by atoms with Crippen molar-refractivity contribution in [2.24, 2.45) is 0 Å². The van der Waals surface area contributed by atoms with E-state index in [0.29, 0.717) is 33.1 Å². The van der Waals surface area contributed by atoms with Crippen molar-refractivity contribution in [2.75, 3.05) is 13.1 Å². The largest absolute Gasteiger partial charge is 0.453 e. The van der Waals surface area contributed by atoms with Crippen LogP contribution in [0, 0.1) is 13.8 Å². The van der Waals surface area contributed by atoms with Gasteiger partial charge in [-0.2, -0.15) is 22.8 Å². The molecule has 4 heterocycles. The first-order valence-corrected chi connectivity index (χ1v) is 9.17. The number of hydrogen-bond donors (Lipinski definition) is 0. The summed E-state index contributed by atoms with van der Waals surface area (Å²) >= 11 is 1.03. The van der Waals surface area contributed by atoms with Gasteiger partial charge in [0.2, 0.25) is 5.89 Å². The van der Waals surface area contributed by atoms with E-state index < -0.39 is 12.0 Å². The van der Waals surface area contributed by atoms with E-state index in [0.717, 1.165) is 37.7 Å². The van der Waals surface area contributed by atoms with E-state index in [1.54, 1.807) is 13.8 Å². The smallest absolute Gasteiger partial charge is 0.414 e. The topological polar surface area (TPSA) is 85.2 Å². The Hall–Kier alpha value is -2.21. The Morgan fingerprint density at radius 1 is 1.04 bits per heavy atom. The summed E-state index contributed by atoms with van der Waals surface area (Å²) in [6.07, 6.45) is -2.35. The van der Waals surface area contributed by atoms with Crippen molar-refractivity contribution < 1.29 is 17.6 Å². The quantitative estimate of drug-likeness (QED) is 0.662. The molecule has 0 aromatic carbocycles. The molecule has 0 spiro atoms. The Morgan fingerprint density at radius 2 is 1.78 bits per heavy atom. The van der Waals surface area contributed by atoms with Crippen molar-refractivity contribution >= 4 is 17.4 Å². The SMILES string of the molecule is Cc1c(Sc2nnc(CN3CCCC3)o2)nn2c(C(F)(F)F)nnc2c1C. The number of alkyl halides is 3. The lowest BCUT2D eigenvalue weighted by atomic mass is 10.2. The van der Waals surface area contributed by atoms with Crippen molar-refractivity contribution in [2.45, 2.75) is 49.7 Å². The number of rotatable bonds is 4. The molecule has 0 bridgehead atoms. The number of fused-ring (bicyclic) bond motifs is 1. The summed E-state index contributed by atoms with van der Waals surface area (Å²) in [5.41, 5.74) is 1.32. The minimum Gasteiger partial charge on any atom is -0.414 e. The van der Waals surface area contributed by atoms with Gasteiger partial charge in [0.05, 0.1) is 6.54 Å². The molecule has 1 aliphatic rings. The fourth-order valence-corrected chi connectivity index (χ4v) is 3.75. The Bertz CT molecular complexity index is 978. The Balaban J connectivity index is 1.63. The van der Waals surface area contributed by atoms with Crippen LogP contribution in [-0.2, 0) is 12.7 Å². The molecule has 0 aliphatic carbocycles. The third kappa shape index (κ3) is 3.50. The highest BCUT2D eigenvalue weighted by Gasteiger charge is 2.38. The molecule has 1 fully saturated rings. The van der Waals surface area contributed by atoms with E-state index in [2.05, 4.69) is 30.4 Å². The molecule has 144 valence electrons. The van der Waals surface area contributed by atoms with Crippen LogP contribution < -0.4 is 0 Å². The maximum atomic E-state index is 13.1. The summed E-state index contributed by atoms with van der Waals surface area (Å²) in [4.78, 5) is 2.22. The van der Waals surface area contributed by atoms with Crippen LogP contribution in [0.5, 0.6) is 0 Å². The van der Waals surface area contributed by atoms with Crippen LogP contribution in [0.25, 0.3) is 5.65 Å². The second kappa shape index (κ2) is 6.75. The van der Waals surface area contributed by atoms with E-state index in [1.165, 1.54) is 0 Å². The van der Waals surface area contributed by atoms with E-state index >= 15 is 0 Å². The lowest BCUT2D eigenvalue weighted by Gasteiger charge is -2.10. The van der Waals surface area contributed by atoms with Gasteiger partial charge in [-0.15, -0.1) is 20.4 Å². The summed E-state index contributed by atoms with van der Waals surface area (Å²) in [6, 6.07) is 0. The predicted molar refractivity (Wildman–Crippen MR) is 88.2 cm³/mol. The molecule has 0 amide bonds. The lowest BCUT2D eigenvalue weighted by Crippen LogP contribution is -2.18. The normalized spacial score (nSPS) is 15.9. The van der Waals surface area contributed by atoms with Gasteiger partial charge in [0, 0.05) is 5.56 Å². The van der Waals surface area contributed by atoms with Gasteiger partial charge in [0.25, 0.3) is 11.0 Å². The fourth-order valence-electron chi connectivity index (χ4n) is 2.93. The second-order valence-electron chi connectivity index (χ2n) is 6.36. The van der Waals surface area contributed by atoms with Crippen LogP contribution >= 0.6 is 11.8 Å². The van der Waals surface area contributed by atoms with Gasteiger partial charge in [0.15, 0.2) is 5.65 Å². The zero-order chi connectivity index (χ0) is 19.2. The van der Waals surface area contributed by atoms with Gasteiger partial charge in [-0.25, -0.2) is 0 Å². The molecular weight excluding hydrogens is 383 g/mol. The Kier molecular flexibility index (Phi) is 4.54. The number of hydrogen-bond acceptors (Lipinski definition) is 8. The summed E-state index contributed by atoms with van der Waals surface area (Å²) in [7, 11) is 0. The molecular formula is C15H16F3N7OS. The van der Waals surface area contributed by atoms with Crippen molar-refractivity contribution in [3.63, 3.8) is 0 Å². The Morgan fingerprint density at radius 3 is 2.48 bits per heavy atom. The molecule has 0 N–H and O–H groups in total. The van der Waals surface area contributed by atoms with Crippen LogP contribution in [0.1, 0.15) is 35.7 Å². The van der Waals surface area contributed by atoms with Crippen LogP contribution in [0.3, 0.4) is 0 Å². The van der Waals surface area contributed by atoms with Gasteiger partial charge in [0.1, 0.15) is 5.03 Å². The number of likely N-dealkylation sites (tertiary alicyclic amines) is 1. The highest BCUT2D eigenvalue weighted by atomic mass is 32.2. The first-order chi connectivity index (χ1) is 12.8. The lowest BCUT2D eigenvalue weighted by molar-refractivity contribution is -0.146. The molecule has 4 rings (SSSR count). The van der Waals surface area contributed by atoms with E-state index in [-0.39, 0.29) is 10.9 Å². The zero-order valence-corrected chi connectivity index (χ0v) is 15.4. The zero-order valence-electron chi connectivity index (χ0n) is 14.6. The minimum atomic E-state index is -4.65. The molecule has 0 radical (unpaired) electrons. The third-order valence-corrected chi connectivity index (χ3v) is 5.41. The summed E-state index contributed by atoms with van der Waals surface area (Å²) in [5.74, 6) is -0.683. The number of nitrogens with zero attached hydrogens (tertiary/aromatic N) is 7. The molecule has 0 saturated carbocycles. The van der Waals surface area contributed by atoms with Crippen LogP contribution in [0.4, 0.5) is 13.2 Å². The van der Waals surface area contributed by atoms with Crippen LogP contribution in [0.2, 0.25) is 0 Å². The first-order valence-electron chi connectivity index (χ1n) is 8.35. The molecule has 0 unspecified atom stereocenters. The predicted octanol–water partition coefficient (Wildman–Crippen LogP) is 2.89. The first kappa shape index (κ1) is 18.2. The molecule has 12 heteroatoms. The second-order valence-corrected chi connectivity index (χ2v) is 7.30. The van der Waals surface area contributed by atoms with E-state index in [1.807, 2.05) is 0 Å². The summed E-state index contributed by atoms with van der Waals surface area (Å²) in [6.45, 7) is 6.00. The summed E-state index contributed by atoms with van der Waals surface area (Å²) < 4.78 is 45.7. The monoisotopic (exact) mass is 399 g/mol. The number of halogens is 3. The Labute approximate surface area is 156 Å². The van der Waals surface area contributed by atoms with Crippen molar-refractivity contribution in [1.29, 1.82) is 0 Å². The minimum absolute atomic E-state index is 0.0735. The van der Waals surface area contributed by atoms with Crippen LogP contribution in [-0.4, -0.2) is 48.0 Å². The van der Waals surface area contributed by atoms with Crippen molar-refractivity contribution in [1.82, 2.24) is 34.9 Å². The average molecular weight is 399 g/mol. The molecule has 0 atom stereocenters. The molecule has 1 aliphatic heterocycles. The van der Waals surface area contributed by atoms with Crippen molar-refractivity contribution in [3.05, 3.63) is 22.8 Å². The third-order valence-electron chi connectivity index (χ3n) is 4.49. The van der Waals surface area contributed by atoms with Gasteiger partial charge in [-0.1, -0.05) is 0 Å². The highest BCUT2D eigenvalue weighted by molar-refractivity contribution is 7.99. The maximum Gasteiger partial charge on any atom is 0.453 e. The van der Waals surface area contributed by atoms with Gasteiger partial charge in [-0.05, 0) is 57.1 Å².